The molecule has 0 amide bonds. The van der Waals surface area contributed by atoms with Crippen LogP contribution in [0.3, 0.4) is 0 Å². The molecule has 5 heteroatoms. The van der Waals surface area contributed by atoms with Crippen molar-refractivity contribution in [1.29, 1.82) is 0 Å². The smallest absolute Gasteiger partial charge is 0.191 e. The minimum absolute atomic E-state index is 0.403. The lowest BCUT2D eigenvalue weighted by Crippen LogP contribution is -2.38. The predicted molar refractivity (Wildman–Crippen MR) is 81.1 cm³/mol. The van der Waals surface area contributed by atoms with E-state index in [0.717, 1.165) is 70.6 Å². The first kappa shape index (κ1) is 15.6. The molecule has 2 rings (SSSR count). The SMILES string of the molecule is CCNC(=NCC1CC1)NCCCOC1CCOCC1. The van der Waals surface area contributed by atoms with Gasteiger partial charge in [0.1, 0.15) is 0 Å². The standard InChI is InChI=1S/C15H29N3O2/c1-2-16-15(18-12-13-4-5-13)17-8-3-9-20-14-6-10-19-11-7-14/h13-14H,2-12H2,1H3,(H2,16,17,18). The summed E-state index contributed by atoms with van der Waals surface area (Å²) in [6.07, 6.45) is 6.20. The molecule has 0 aromatic carbocycles. The van der Waals surface area contributed by atoms with Crippen LogP contribution in [0, 0.1) is 5.92 Å². The predicted octanol–water partition coefficient (Wildman–Crippen LogP) is 1.54. The summed E-state index contributed by atoms with van der Waals surface area (Å²) in [7, 11) is 0. The van der Waals surface area contributed by atoms with Crippen LogP contribution in [0.2, 0.25) is 0 Å². The third-order valence-electron chi connectivity index (χ3n) is 3.68. The van der Waals surface area contributed by atoms with Crippen molar-refractivity contribution < 1.29 is 9.47 Å². The van der Waals surface area contributed by atoms with Crippen LogP contribution < -0.4 is 10.6 Å². The van der Waals surface area contributed by atoms with Gasteiger partial charge in [0.15, 0.2) is 5.96 Å². The molecule has 0 bridgehead atoms. The fourth-order valence-electron chi connectivity index (χ4n) is 2.23. The summed E-state index contributed by atoms with van der Waals surface area (Å²) in [5.74, 6) is 1.78. The molecule has 0 unspecified atom stereocenters. The lowest BCUT2D eigenvalue weighted by atomic mass is 10.1. The van der Waals surface area contributed by atoms with Gasteiger partial charge in [-0.1, -0.05) is 0 Å². The Hall–Kier alpha value is -0.810. The van der Waals surface area contributed by atoms with E-state index in [2.05, 4.69) is 22.5 Å². The van der Waals surface area contributed by atoms with Crippen molar-refractivity contribution in [2.24, 2.45) is 10.9 Å². The first-order valence-electron chi connectivity index (χ1n) is 8.10. The quantitative estimate of drug-likeness (QED) is 0.403. The molecule has 0 aromatic heterocycles. The van der Waals surface area contributed by atoms with E-state index in [1.165, 1.54) is 12.8 Å². The Morgan fingerprint density at radius 1 is 1.20 bits per heavy atom. The fourth-order valence-corrected chi connectivity index (χ4v) is 2.23. The second-order valence-corrected chi connectivity index (χ2v) is 5.63. The summed E-state index contributed by atoms with van der Waals surface area (Å²) in [6.45, 7) is 7.41. The van der Waals surface area contributed by atoms with Crippen LogP contribution in [-0.2, 0) is 9.47 Å². The maximum atomic E-state index is 5.85. The van der Waals surface area contributed by atoms with E-state index in [1.807, 2.05) is 0 Å². The van der Waals surface area contributed by atoms with Gasteiger partial charge in [0.2, 0.25) is 0 Å². The highest BCUT2D eigenvalue weighted by molar-refractivity contribution is 5.79. The normalized spacial score (nSPS) is 20.9. The maximum Gasteiger partial charge on any atom is 0.191 e. The zero-order chi connectivity index (χ0) is 14.0. The lowest BCUT2D eigenvalue weighted by molar-refractivity contribution is -0.0320. The number of guanidine groups is 1. The molecule has 0 aromatic rings. The first-order chi connectivity index (χ1) is 9.88. The Morgan fingerprint density at radius 2 is 2.00 bits per heavy atom. The molecule has 0 spiro atoms. The zero-order valence-corrected chi connectivity index (χ0v) is 12.7. The Kier molecular flexibility index (Phi) is 7.15. The van der Waals surface area contributed by atoms with Crippen LogP contribution in [0.4, 0.5) is 0 Å². The van der Waals surface area contributed by atoms with Crippen LogP contribution in [-0.4, -0.2) is 51.5 Å². The van der Waals surface area contributed by atoms with E-state index in [-0.39, 0.29) is 0 Å². The number of hydrogen-bond acceptors (Lipinski definition) is 3. The van der Waals surface area contributed by atoms with Crippen LogP contribution >= 0.6 is 0 Å². The van der Waals surface area contributed by atoms with Gasteiger partial charge in [-0.25, -0.2) is 0 Å². The summed E-state index contributed by atoms with van der Waals surface area (Å²) in [4.78, 5) is 4.60. The van der Waals surface area contributed by atoms with Gasteiger partial charge in [0.05, 0.1) is 6.10 Å². The molecular weight excluding hydrogens is 254 g/mol. The Labute approximate surface area is 122 Å². The molecule has 1 aliphatic carbocycles. The van der Waals surface area contributed by atoms with Crippen molar-refractivity contribution in [2.45, 2.75) is 45.1 Å². The highest BCUT2D eigenvalue weighted by atomic mass is 16.5. The molecule has 0 radical (unpaired) electrons. The van der Waals surface area contributed by atoms with Gasteiger partial charge in [-0.2, -0.15) is 0 Å². The molecular formula is C15H29N3O2. The average Bonchev–Trinajstić information content (AvgIpc) is 3.29. The van der Waals surface area contributed by atoms with E-state index in [0.29, 0.717) is 6.10 Å². The number of rotatable bonds is 8. The highest BCUT2D eigenvalue weighted by Gasteiger charge is 2.20. The number of nitrogens with zero attached hydrogens (tertiary/aromatic N) is 1. The van der Waals surface area contributed by atoms with Gasteiger partial charge in [-0.3, -0.25) is 4.99 Å². The van der Waals surface area contributed by atoms with Gasteiger partial charge >= 0.3 is 0 Å². The van der Waals surface area contributed by atoms with E-state index < -0.39 is 0 Å². The van der Waals surface area contributed by atoms with E-state index in [9.17, 15) is 0 Å². The van der Waals surface area contributed by atoms with Crippen molar-refractivity contribution in [2.75, 3.05) is 39.5 Å². The Bertz CT molecular complexity index is 287. The molecule has 1 saturated heterocycles. The van der Waals surface area contributed by atoms with Gasteiger partial charge < -0.3 is 20.1 Å². The summed E-state index contributed by atoms with van der Waals surface area (Å²) in [6, 6.07) is 0. The van der Waals surface area contributed by atoms with E-state index >= 15 is 0 Å². The van der Waals surface area contributed by atoms with Crippen molar-refractivity contribution >= 4 is 5.96 Å². The molecule has 116 valence electrons. The third kappa shape index (κ3) is 6.57. The minimum Gasteiger partial charge on any atom is -0.381 e. The molecule has 2 fully saturated rings. The van der Waals surface area contributed by atoms with Gasteiger partial charge in [-0.15, -0.1) is 0 Å². The molecule has 20 heavy (non-hydrogen) atoms. The first-order valence-corrected chi connectivity index (χ1v) is 8.10. The highest BCUT2D eigenvalue weighted by Crippen LogP contribution is 2.28. The third-order valence-corrected chi connectivity index (χ3v) is 3.68. The van der Waals surface area contributed by atoms with Crippen LogP contribution in [0.15, 0.2) is 4.99 Å². The average molecular weight is 283 g/mol. The zero-order valence-electron chi connectivity index (χ0n) is 12.7. The summed E-state index contributed by atoms with van der Waals surface area (Å²) < 4.78 is 11.2. The molecule has 1 saturated carbocycles. The van der Waals surface area contributed by atoms with Gasteiger partial charge in [-0.05, 0) is 44.9 Å². The topological polar surface area (TPSA) is 54.9 Å². The largest absolute Gasteiger partial charge is 0.381 e. The Morgan fingerprint density at radius 3 is 2.70 bits per heavy atom. The molecule has 1 heterocycles. The number of ether oxygens (including phenoxy) is 2. The van der Waals surface area contributed by atoms with Gasteiger partial charge in [0.25, 0.3) is 0 Å². The maximum absolute atomic E-state index is 5.85. The molecule has 2 N–H and O–H groups in total. The van der Waals surface area contributed by atoms with Gasteiger partial charge in [0, 0.05) is 39.5 Å². The van der Waals surface area contributed by atoms with E-state index in [1.54, 1.807) is 0 Å². The Balaban J connectivity index is 1.51. The molecule has 1 aliphatic heterocycles. The molecule has 5 nitrogen and oxygen atoms in total. The molecule has 0 atom stereocenters. The number of aliphatic imine (C=N–C) groups is 1. The second kappa shape index (κ2) is 9.19. The summed E-state index contributed by atoms with van der Waals surface area (Å²) in [5, 5.41) is 6.66. The van der Waals surface area contributed by atoms with Crippen LogP contribution in [0.5, 0.6) is 0 Å². The monoisotopic (exact) mass is 283 g/mol. The van der Waals surface area contributed by atoms with Crippen LogP contribution in [0.1, 0.15) is 39.0 Å². The minimum atomic E-state index is 0.403. The summed E-state index contributed by atoms with van der Waals surface area (Å²) in [5.41, 5.74) is 0. The lowest BCUT2D eigenvalue weighted by Gasteiger charge is -2.22. The molecule has 2 aliphatic rings. The van der Waals surface area contributed by atoms with Crippen LogP contribution in [0.25, 0.3) is 0 Å². The second-order valence-electron chi connectivity index (χ2n) is 5.63. The van der Waals surface area contributed by atoms with Crippen molar-refractivity contribution in [3.8, 4) is 0 Å². The fraction of sp³-hybridized carbons (Fsp3) is 0.933. The van der Waals surface area contributed by atoms with E-state index in [4.69, 9.17) is 9.47 Å². The number of nitrogens with one attached hydrogen (secondary N) is 2. The van der Waals surface area contributed by atoms with Crippen molar-refractivity contribution in [3.05, 3.63) is 0 Å². The summed E-state index contributed by atoms with van der Waals surface area (Å²) >= 11 is 0. The van der Waals surface area contributed by atoms with Crippen molar-refractivity contribution in [3.63, 3.8) is 0 Å². The van der Waals surface area contributed by atoms with Crippen molar-refractivity contribution in [1.82, 2.24) is 10.6 Å². The number of hydrogen-bond donors (Lipinski definition) is 2.